The first-order valence-corrected chi connectivity index (χ1v) is 12.1. The Hall–Kier alpha value is -2.48. The number of piperazine rings is 1. The number of anilines is 1. The van der Waals surface area contributed by atoms with Crippen LogP contribution in [0.2, 0.25) is 5.02 Å². The number of rotatable bonds is 10. The fourth-order valence-corrected chi connectivity index (χ4v) is 4.42. The molecule has 0 atom stereocenters. The van der Waals surface area contributed by atoms with E-state index in [0.29, 0.717) is 19.7 Å². The number of aromatic nitrogens is 3. The molecule has 4 rings (SSSR count). The molecule has 0 saturated carbocycles. The number of halogens is 2. The van der Waals surface area contributed by atoms with E-state index in [1.54, 1.807) is 9.25 Å². The Morgan fingerprint density at radius 3 is 2.44 bits per heavy atom. The van der Waals surface area contributed by atoms with Gasteiger partial charge in [0.15, 0.2) is 0 Å². The van der Waals surface area contributed by atoms with E-state index >= 15 is 0 Å². The fourth-order valence-electron chi connectivity index (χ4n) is 4.24. The lowest BCUT2D eigenvalue weighted by Gasteiger charge is -2.36. The molecule has 0 spiro atoms. The molecule has 7 nitrogen and oxygen atoms in total. The Morgan fingerprint density at radius 1 is 0.971 bits per heavy atom. The number of para-hydroxylation sites is 1. The predicted molar refractivity (Wildman–Crippen MR) is 133 cm³/mol. The van der Waals surface area contributed by atoms with Crippen molar-refractivity contribution in [2.45, 2.75) is 32.9 Å². The topological polar surface area (TPSA) is 55.5 Å². The smallest absolute Gasteiger partial charge is 0.346 e. The van der Waals surface area contributed by atoms with Crippen LogP contribution in [0.3, 0.4) is 0 Å². The minimum atomic E-state index is -0.0470. The lowest BCUT2D eigenvalue weighted by molar-refractivity contribution is -0.00000727. The van der Waals surface area contributed by atoms with Crippen LogP contribution in [-0.2, 0) is 19.5 Å². The Labute approximate surface area is 212 Å². The lowest BCUT2D eigenvalue weighted by Crippen LogP contribution is -3.00. The van der Waals surface area contributed by atoms with E-state index in [1.807, 2.05) is 55.5 Å². The molecule has 0 N–H and O–H groups in total. The highest BCUT2D eigenvalue weighted by Crippen LogP contribution is 2.20. The zero-order chi connectivity index (χ0) is 23.0. The Balaban J connectivity index is 0.00000324. The van der Waals surface area contributed by atoms with E-state index in [4.69, 9.17) is 16.3 Å². The highest BCUT2D eigenvalue weighted by molar-refractivity contribution is 6.30. The summed E-state index contributed by atoms with van der Waals surface area (Å²) in [5.74, 6) is 1.62. The minimum Gasteiger partial charge on any atom is -1.00 e. The monoisotopic (exact) mass is 504 g/mol. The number of hydrogen-bond donors (Lipinski definition) is 0. The molecule has 0 aliphatic carbocycles. The maximum absolute atomic E-state index is 12.9. The van der Waals surface area contributed by atoms with E-state index in [9.17, 15) is 4.79 Å². The number of nitrogens with zero attached hydrogens (tertiary/aromatic N) is 5. The van der Waals surface area contributed by atoms with Crippen LogP contribution in [0, 0.1) is 0 Å². The summed E-state index contributed by atoms with van der Waals surface area (Å²) < 4.78 is 9.12. The molecule has 184 valence electrons. The van der Waals surface area contributed by atoms with E-state index in [1.165, 1.54) is 5.69 Å². The number of benzene rings is 2. The van der Waals surface area contributed by atoms with Crippen molar-refractivity contribution >= 4 is 17.3 Å². The van der Waals surface area contributed by atoms with Crippen molar-refractivity contribution in [1.82, 2.24) is 19.2 Å². The molecule has 1 saturated heterocycles. The molecular weight excluding hydrogens is 473 g/mol. The van der Waals surface area contributed by atoms with Crippen LogP contribution in [-0.4, -0.2) is 58.6 Å². The highest BCUT2D eigenvalue weighted by Gasteiger charge is 2.18. The third-order valence-corrected chi connectivity index (χ3v) is 6.27. The van der Waals surface area contributed by atoms with E-state index in [2.05, 4.69) is 21.0 Å². The number of hydrogen-bond acceptors (Lipinski definition) is 5. The largest absolute Gasteiger partial charge is 1.00 e. The van der Waals surface area contributed by atoms with Crippen molar-refractivity contribution in [1.29, 1.82) is 0 Å². The molecule has 1 aromatic heterocycles. The second-order valence-electron chi connectivity index (χ2n) is 8.25. The Kier molecular flexibility index (Phi) is 9.86. The third-order valence-electron chi connectivity index (χ3n) is 6.03. The fraction of sp³-hybridized carbons (Fsp3) is 0.440. The molecule has 2 heterocycles. The molecular formula is C25H32Cl2N5O2-. The predicted octanol–water partition coefficient (Wildman–Crippen LogP) is 0.556. The zero-order valence-electron chi connectivity index (χ0n) is 19.6. The van der Waals surface area contributed by atoms with Gasteiger partial charge in [-0.05, 0) is 36.8 Å². The van der Waals surface area contributed by atoms with Crippen molar-refractivity contribution in [3.8, 4) is 5.75 Å². The lowest BCUT2D eigenvalue weighted by atomic mass is 10.2. The molecule has 1 fully saturated rings. The summed E-state index contributed by atoms with van der Waals surface area (Å²) in [6, 6.07) is 17.7. The molecule has 1 aliphatic heterocycles. The average molecular weight is 505 g/mol. The molecule has 3 aromatic rings. The van der Waals surface area contributed by atoms with Crippen LogP contribution in [0.5, 0.6) is 5.75 Å². The van der Waals surface area contributed by atoms with Crippen LogP contribution in [0.25, 0.3) is 0 Å². The van der Waals surface area contributed by atoms with E-state index < -0.39 is 0 Å². The van der Waals surface area contributed by atoms with Gasteiger partial charge in [0.1, 0.15) is 18.2 Å². The van der Waals surface area contributed by atoms with Crippen LogP contribution in [0.1, 0.15) is 19.2 Å². The molecule has 1 aliphatic rings. The van der Waals surface area contributed by atoms with Crippen molar-refractivity contribution < 1.29 is 17.1 Å². The van der Waals surface area contributed by atoms with Crippen molar-refractivity contribution in [3.63, 3.8) is 0 Å². The second kappa shape index (κ2) is 12.8. The third kappa shape index (κ3) is 6.78. The molecule has 9 heteroatoms. The van der Waals surface area contributed by atoms with Crippen molar-refractivity contribution in [2.24, 2.45) is 0 Å². The summed E-state index contributed by atoms with van der Waals surface area (Å²) >= 11 is 6.13. The summed E-state index contributed by atoms with van der Waals surface area (Å²) in [7, 11) is 0. The summed E-state index contributed by atoms with van der Waals surface area (Å²) in [6.07, 6.45) is 1.62. The van der Waals surface area contributed by atoms with Gasteiger partial charge in [-0.25, -0.2) is 9.48 Å². The molecule has 34 heavy (non-hydrogen) atoms. The summed E-state index contributed by atoms with van der Waals surface area (Å²) in [6.45, 7) is 8.54. The van der Waals surface area contributed by atoms with Crippen molar-refractivity contribution in [2.75, 3.05) is 44.2 Å². The van der Waals surface area contributed by atoms with Gasteiger partial charge < -0.3 is 22.0 Å². The van der Waals surface area contributed by atoms with Gasteiger partial charge in [-0.1, -0.05) is 42.8 Å². The average Bonchev–Trinajstić information content (AvgIpc) is 3.15. The van der Waals surface area contributed by atoms with E-state index in [0.717, 1.165) is 62.2 Å². The summed E-state index contributed by atoms with van der Waals surface area (Å²) in [5, 5.41) is 5.34. The molecule has 0 unspecified atom stereocenters. The van der Waals surface area contributed by atoms with Gasteiger partial charge in [0.05, 0.1) is 6.54 Å². The molecule has 0 bridgehead atoms. The number of ether oxygens (including phenoxy) is 1. The summed E-state index contributed by atoms with van der Waals surface area (Å²) in [4.78, 5) is 17.7. The van der Waals surface area contributed by atoms with Gasteiger partial charge in [-0.2, -0.15) is 5.10 Å². The van der Waals surface area contributed by atoms with E-state index in [-0.39, 0.29) is 18.1 Å². The standard InChI is InChI=1S/C25H32ClN5O2.ClH/c1-2-24-27-31(25(32)30(24)18-19-33-23-10-4-3-5-11-23)13-7-12-28-14-16-29(17-15-28)22-9-6-8-21(26)20-22;/h3-6,8-11,20H,2,7,12-19H2,1H3;1H/p-1. The minimum absolute atomic E-state index is 0. The van der Waals surface area contributed by atoms with Crippen LogP contribution in [0.4, 0.5) is 5.69 Å². The quantitative estimate of drug-likeness (QED) is 0.403. The molecule has 0 amide bonds. The molecule has 2 aromatic carbocycles. The van der Waals surface area contributed by atoms with Gasteiger partial charge in [0.25, 0.3) is 0 Å². The van der Waals surface area contributed by atoms with Gasteiger partial charge in [-0.3, -0.25) is 9.47 Å². The summed E-state index contributed by atoms with van der Waals surface area (Å²) in [5.41, 5.74) is 1.14. The first kappa shape index (κ1) is 26.1. The second-order valence-corrected chi connectivity index (χ2v) is 8.69. The van der Waals surface area contributed by atoms with Crippen LogP contribution < -0.4 is 27.7 Å². The SMILES string of the molecule is CCc1nn(CCCN2CCN(c3cccc(Cl)c3)CC2)c(=O)n1CCOc1ccccc1.[Cl-]. The first-order chi connectivity index (χ1) is 16.1. The maximum Gasteiger partial charge on any atom is 0.346 e. The highest BCUT2D eigenvalue weighted by atomic mass is 35.5. The van der Waals surface area contributed by atoms with Crippen LogP contribution >= 0.6 is 11.6 Å². The normalized spacial score (nSPS) is 14.1. The van der Waals surface area contributed by atoms with Gasteiger partial charge in [-0.15, -0.1) is 0 Å². The van der Waals surface area contributed by atoms with Gasteiger partial charge in [0.2, 0.25) is 0 Å². The Bertz CT molecular complexity index is 1080. The van der Waals surface area contributed by atoms with Gasteiger partial charge in [0, 0.05) is 56.4 Å². The Morgan fingerprint density at radius 2 is 1.74 bits per heavy atom. The molecule has 0 radical (unpaired) electrons. The van der Waals surface area contributed by atoms with Crippen LogP contribution in [0.15, 0.2) is 59.4 Å². The maximum atomic E-state index is 12.9. The van der Waals surface area contributed by atoms with Crippen molar-refractivity contribution in [3.05, 3.63) is 75.9 Å². The number of aryl methyl sites for hydroxylation is 2. The zero-order valence-corrected chi connectivity index (χ0v) is 21.1. The van der Waals surface area contributed by atoms with Gasteiger partial charge >= 0.3 is 5.69 Å². The first-order valence-electron chi connectivity index (χ1n) is 11.7.